The van der Waals surface area contributed by atoms with E-state index in [9.17, 15) is 168 Å². The molecular formula is C89H126N20O37S2. The van der Waals surface area contributed by atoms with Crippen LogP contribution in [0.1, 0.15) is 149 Å². The molecule has 0 spiro atoms. The lowest BCUT2D eigenvalue weighted by Crippen LogP contribution is -2.49. The molecule has 816 valence electrons. The Morgan fingerprint density at radius 1 is 0.419 bits per heavy atom. The van der Waals surface area contributed by atoms with Gasteiger partial charge in [0.2, 0.25) is 41.4 Å². The molecule has 0 aliphatic rings. The Balaban J connectivity index is 0.000000578. The smallest absolute Gasteiger partial charge is 0.327 e. The number of pyridine rings is 1. The van der Waals surface area contributed by atoms with Crippen LogP contribution in [0.25, 0.3) is 22.2 Å². The SMILES string of the molecule is CCC(=O)[C@H](CCC(=O)O)NC(=O)[C@H](CCC(=O)NC[C@H](O)[C@@H](O)[C@H](O)[C@H](O)CO)CC(=O)[C@H](CCC(=O)O)NC(=O)[C@H](CCC(=O)NC[C@H](O)[C@@H](O)[C@H](O)[C@H](O)CO)CC(=O)CC[C@H](NC(=O)c1ccc(NCc2cnc3cc(N)[nH]c(=O)c3n2)cc1)C(=O)O.C[C@@H](CCC(=O)NC[C@H](O)[C@@H](O)[C@H](O)[C@H](O)CO)C(=O)N[C@@H](CSSCC[C@H](NC(=O)c1ccc(NCc2cnc3nc(N)nc(N)c3n2)cc1)C(=O)O)C(=O)O. The predicted molar refractivity (Wildman–Crippen MR) is 521 cm³/mol. The first-order valence-corrected chi connectivity index (χ1v) is 48.5. The van der Waals surface area contributed by atoms with Crippen LogP contribution in [0.4, 0.5) is 29.0 Å². The van der Waals surface area contributed by atoms with Gasteiger partial charge in [-0.2, -0.15) is 9.97 Å². The molecule has 0 saturated carbocycles. The van der Waals surface area contributed by atoms with Gasteiger partial charge in [0, 0.05) is 135 Å². The highest BCUT2D eigenvalue weighted by Crippen LogP contribution is 2.27. The summed E-state index contributed by atoms with van der Waals surface area (Å²) in [5.74, 6) is -20.2. The van der Waals surface area contributed by atoms with Crippen LogP contribution in [0.3, 0.4) is 0 Å². The average molecular weight is 2130 g/mol. The minimum Gasteiger partial charge on any atom is -0.481 e. The number of aliphatic hydroxyl groups excluding tert-OH is 15. The van der Waals surface area contributed by atoms with Gasteiger partial charge in [-0.05, 0) is 93.5 Å². The van der Waals surface area contributed by atoms with Crippen LogP contribution in [0.15, 0.2) is 71.8 Å². The summed E-state index contributed by atoms with van der Waals surface area (Å²) in [4.78, 5) is 245. The van der Waals surface area contributed by atoms with Crippen molar-refractivity contribution in [3.63, 3.8) is 0 Å². The van der Waals surface area contributed by atoms with E-state index in [1.165, 1.54) is 68.7 Å². The highest BCUT2D eigenvalue weighted by molar-refractivity contribution is 8.76. The number of amides is 8. The lowest BCUT2D eigenvalue weighted by molar-refractivity contribution is -0.142. The molecule has 8 amide bonds. The van der Waals surface area contributed by atoms with Gasteiger partial charge in [-0.3, -0.25) is 72.1 Å². The van der Waals surface area contributed by atoms with Gasteiger partial charge in [-0.1, -0.05) is 35.4 Å². The molecule has 0 bridgehead atoms. The van der Waals surface area contributed by atoms with Gasteiger partial charge in [0.15, 0.2) is 34.1 Å². The number of hydrogen-bond donors (Lipinski definition) is 34. The van der Waals surface area contributed by atoms with Crippen molar-refractivity contribution in [1.29, 1.82) is 0 Å². The maximum absolute atomic E-state index is 14.3. The summed E-state index contributed by atoms with van der Waals surface area (Å²) in [6, 6.07) is 5.85. The van der Waals surface area contributed by atoms with Gasteiger partial charge in [-0.15, -0.1) is 0 Å². The lowest BCUT2D eigenvalue weighted by Gasteiger charge is -2.26. The summed E-state index contributed by atoms with van der Waals surface area (Å²) in [5, 5.41) is 219. The summed E-state index contributed by atoms with van der Waals surface area (Å²) in [5.41, 5.74) is 19.6. The number of carboxylic acid groups (broad SMARTS) is 5. The van der Waals surface area contributed by atoms with E-state index in [2.05, 4.69) is 88.1 Å². The van der Waals surface area contributed by atoms with Gasteiger partial charge in [0.05, 0.1) is 92.6 Å². The monoisotopic (exact) mass is 2130 g/mol. The topological polar surface area (TPSA) is 986 Å². The first-order chi connectivity index (χ1) is 69.9. The average Bonchev–Trinajstić information content (AvgIpc) is 0.811. The highest BCUT2D eigenvalue weighted by atomic mass is 33.1. The zero-order valence-electron chi connectivity index (χ0n) is 79.9. The number of nitrogens with two attached hydrogens (primary N) is 3. The van der Waals surface area contributed by atoms with Crippen LogP contribution in [0.5, 0.6) is 0 Å². The number of ketones is 3. The number of carboxylic acids is 5. The van der Waals surface area contributed by atoms with Crippen LogP contribution >= 0.6 is 21.6 Å². The molecule has 0 fully saturated rings. The first kappa shape index (κ1) is 125. The Labute approximate surface area is 849 Å². The predicted octanol–water partition coefficient (Wildman–Crippen LogP) is -8.34. The second-order valence-corrected chi connectivity index (χ2v) is 36.6. The third kappa shape index (κ3) is 42.7. The largest absolute Gasteiger partial charge is 0.481 e. The number of anilines is 5. The van der Waals surface area contributed by atoms with E-state index in [0.717, 1.165) is 21.6 Å². The maximum atomic E-state index is 14.3. The second kappa shape index (κ2) is 63.1. The molecule has 0 radical (unpaired) electrons. The zero-order valence-corrected chi connectivity index (χ0v) is 81.5. The van der Waals surface area contributed by atoms with Crippen LogP contribution in [0, 0.1) is 17.8 Å². The standard InChI is InChI=1S/C56H80N10O25.C33H46N10O12S2/c1-2-36(70)32(11-15-45(78)79)63-54(88)28(6-14-44(77)61-23-39(73)49(83)51(85)41(75)25-68)18-37(71)33(12-16-46(80)81)64-53(87)27(5-13-43(76)60-22-38(72)48(82)50(84)40(74)24-67)17-31(69)9-10-34(56(90)91)65-52(86)26-3-7-29(8-4-26)58-20-30-21-59-35-19-42(57)66-55(89)47(35)62-30;1-15(2-7-23(47)37-12-21(45)25(48)26(49)22(46)13-44)29(50)41-20(32(54)55)14-57-56-9-8-19(31(52)53)40-30(51)16-3-5-17(6-4-16)36-10-18-11-38-28-24(39-18)27(34)42-33(35)43-28/h3-4,7-8,19,21,27-28,32-34,38-41,48-51,58,67-68,72-75,82-85H,2,5-6,9-18,20,22-25H2,1H3,(H,60,76)(H,61,77)(H,63,88)(H,64,87)(H,65,86)(H,78,79)(H,80,81)(H,90,91)(H3,57,66,89);3-6,11,15,19-22,25-26,36,44-46,48-49H,2,7-10,12-14H2,1H3,(H,37,47)(H,40,51)(H,41,50)(H,52,53)(H,54,55)(H4,34,35,38,42,43)/t27-,28-,32+,33+,34+,38+,39+,40-,41-,48-,49-,50-,51-;15-,19-,20-,21-,22+,25+,26+/m10/s1. The van der Waals surface area contributed by atoms with E-state index in [1.54, 1.807) is 12.1 Å². The van der Waals surface area contributed by atoms with Crippen molar-refractivity contribution < 1.29 is 179 Å². The summed E-state index contributed by atoms with van der Waals surface area (Å²) in [6.45, 7) is -1.69. The minimum absolute atomic E-state index is 0.00497. The Morgan fingerprint density at radius 2 is 0.818 bits per heavy atom. The third-order valence-electron chi connectivity index (χ3n) is 22.6. The third-order valence-corrected chi connectivity index (χ3v) is 25.1. The number of carbonyl (C=O) groups is 16. The Hall–Kier alpha value is -13.6. The minimum atomic E-state index is -2.10. The summed E-state index contributed by atoms with van der Waals surface area (Å²) < 4.78 is 0. The van der Waals surface area contributed by atoms with Crippen molar-refractivity contribution in [2.24, 2.45) is 17.8 Å². The number of aliphatic carboxylic acids is 5. The molecule has 57 nitrogen and oxygen atoms in total. The molecule has 0 aliphatic carbocycles. The first-order valence-electron chi connectivity index (χ1n) is 46.0. The van der Waals surface area contributed by atoms with Gasteiger partial charge < -0.3 is 177 Å². The number of hydrogen-bond acceptors (Lipinski definition) is 45. The number of Topliss-reactive ketones (excluding diaryl/α,β-unsaturated/α-hetero) is 3. The molecule has 4 aromatic heterocycles. The quantitative estimate of drug-likeness (QED) is 0.0125. The molecule has 4 heterocycles. The lowest BCUT2D eigenvalue weighted by atomic mass is 9.89. The van der Waals surface area contributed by atoms with Crippen molar-refractivity contribution >= 4 is 167 Å². The fourth-order valence-electron chi connectivity index (χ4n) is 13.7. The van der Waals surface area contributed by atoms with Gasteiger partial charge >= 0.3 is 29.8 Å². The molecule has 6 rings (SSSR count). The van der Waals surface area contributed by atoms with E-state index >= 15 is 0 Å². The normalized spacial score (nSPS) is 15.4. The number of benzene rings is 2. The van der Waals surface area contributed by atoms with E-state index in [-0.39, 0.29) is 95.7 Å². The number of aromatic amines is 1. The van der Waals surface area contributed by atoms with E-state index in [4.69, 9.17) is 32.5 Å². The van der Waals surface area contributed by atoms with Gasteiger partial charge in [0.1, 0.15) is 84.7 Å². The molecule has 148 heavy (non-hydrogen) atoms. The number of aromatic nitrogens is 7. The Kier molecular flexibility index (Phi) is 53.3. The van der Waals surface area contributed by atoms with E-state index < -0.39 is 338 Å². The van der Waals surface area contributed by atoms with Gasteiger partial charge in [-0.25, -0.2) is 29.3 Å². The van der Waals surface area contributed by atoms with Crippen molar-refractivity contribution in [1.82, 2.24) is 77.4 Å². The van der Waals surface area contributed by atoms with Crippen molar-refractivity contribution in [3.8, 4) is 0 Å². The second-order valence-electron chi connectivity index (χ2n) is 34.0. The van der Waals surface area contributed by atoms with Crippen LogP contribution in [-0.4, -0.2) is 386 Å². The number of fused-ring (bicyclic) bond motifs is 2. The van der Waals surface area contributed by atoms with Crippen molar-refractivity contribution in [2.75, 3.05) is 78.8 Å². The summed E-state index contributed by atoms with van der Waals surface area (Å²) in [7, 11) is 2.24. The van der Waals surface area contributed by atoms with E-state index in [0.29, 0.717) is 28.3 Å². The number of nitrogens with one attached hydrogen (secondary N) is 11. The Morgan fingerprint density at radius 3 is 1.25 bits per heavy atom. The maximum Gasteiger partial charge on any atom is 0.327 e. The molecule has 0 unspecified atom stereocenters. The molecule has 37 N–H and O–H groups in total. The molecule has 0 aliphatic heterocycles. The Bertz CT molecular complexity index is 5530. The number of nitrogens with zero attached hydrogens (tertiary/aromatic N) is 6. The van der Waals surface area contributed by atoms with E-state index in [1.807, 2.05) is 0 Å². The zero-order chi connectivity index (χ0) is 110. The number of H-pyrrole nitrogens is 1. The number of carbonyl (C=O) groups excluding carboxylic acids is 11. The van der Waals surface area contributed by atoms with Crippen LogP contribution in [-0.2, 0) is 80.2 Å². The number of aliphatic hydroxyl groups is 15. The van der Waals surface area contributed by atoms with Crippen LogP contribution < -0.4 is 75.9 Å². The fourth-order valence-corrected chi connectivity index (χ4v) is 15.9. The highest BCUT2D eigenvalue weighted by Gasteiger charge is 2.38. The fraction of sp³-hybridized carbons (Fsp3) is 0.539. The van der Waals surface area contributed by atoms with Crippen molar-refractivity contribution in [3.05, 3.63) is 99.9 Å². The summed E-state index contributed by atoms with van der Waals surface area (Å²) >= 11 is 0. The number of nitrogen functional groups attached to an aromatic ring is 3. The molecular weight excluding hydrogens is 2010 g/mol. The summed E-state index contributed by atoms with van der Waals surface area (Å²) in [6.07, 6.45) is -28.5. The van der Waals surface area contributed by atoms with Crippen LogP contribution in [0.2, 0.25) is 0 Å². The number of rotatable bonds is 68. The van der Waals surface area contributed by atoms with Gasteiger partial charge in [0.25, 0.3) is 17.4 Å². The molecule has 59 heteroatoms. The molecule has 6 aromatic rings. The van der Waals surface area contributed by atoms with Crippen molar-refractivity contribution in [2.45, 2.75) is 233 Å². The molecule has 0 saturated heterocycles. The molecule has 2 aromatic carbocycles. The molecule has 20 atom stereocenters.